The highest BCUT2D eigenvalue weighted by atomic mass is 16.5. The average Bonchev–Trinajstić information content (AvgIpc) is 2.65. The lowest BCUT2D eigenvalue weighted by atomic mass is 10.2. The summed E-state index contributed by atoms with van der Waals surface area (Å²) in [6.45, 7) is 3.08. The van der Waals surface area contributed by atoms with Crippen LogP contribution in [0.15, 0.2) is 36.4 Å². The molecule has 1 aliphatic heterocycles. The average molecular weight is 341 g/mol. The van der Waals surface area contributed by atoms with Crippen molar-refractivity contribution in [3.05, 3.63) is 42.1 Å². The molecule has 1 aromatic carbocycles. The Morgan fingerprint density at radius 3 is 2.40 bits per heavy atom. The molecule has 25 heavy (non-hydrogen) atoms. The standard InChI is InChI=1S/C18H19N3O4/c1-13(22)20-8-10-21(11-9-20)17(23)12-25-18(24)16-7-6-14-4-2-3-5-15(14)19-16/h2-7H,8-12H2,1H3. The van der Waals surface area contributed by atoms with Gasteiger partial charge in [0.15, 0.2) is 6.61 Å². The number of fused-ring (bicyclic) bond motifs is 1. The number of hydrogen-bond acceptors (Lipinski definition) is 5. The van der Waals surface area contributed by atoms with Crippen LogP contribution in [0.5, 0.6) is 0 Å². The smallest absolute Gasteiger partial charge is 0.357 e. The molecule has 0 saturated carbocycles. The van der Waals surface area contributed by atoms with Crippen molar-refractivity contribution in [1.82, 2.24) is 14.8 Å². The monoisotopic (exact) mass is 341 g/mol. The molecule has 0 atom stereocenters. The van der Waals surface area contributed by atoms with Gasteiger partial charge in [0.2, 0.25) is 5.91 Å². The molecule has 2 amide bonds. The number of piperazine rings is 1. The highest BCUT2D eigenvalue weighted by Gasteiger charge is 2.23. The Labute approximate surface area is 145 Å². The fourth-order valence-electron chi connectivity index (χ4n) is 2.74. The SMILES string of the molecule is CC(=O)N1CCN(C(=O)COC(=O)c2ccc3ccccc3n2)CC1. The highest BCUT2D eigenvalue weighted by molar-refractivity contribution is 5.92. The summed E-state index contributed by atoms with van der Waals surface area (Å²) in [5.74, 6) is -0.889. The fourth-order valence-corrected chi connectivity index (χ4v) is 2.74. The third kappa shape index (κ3) is 3.93. The van der Waals surface area contributed by atoms with Gasteiger partial charge in [-0.3, -0.25) is 9.59 Å². The Balaban J connectivity index is 1.54. The molecule has 0 bridgehead atoms. The van der Waals surface area contributed by atoms with Crippen LogP contribution in [0.2, 0.25) is 0 Å². The molecule has 2 aromatic rings. The maximum Gasteiger partial charge on any atom is 0.357 e. The zero-order chi connectivity index (χ0) is 17.8. The molecule has 0 radical (unpaired) electrons. The number of ether oxygens (including phenoxy) is 1. The van der Waals surface area contributed by atoms with E-state index >= 15 is 0 Å². The minimum absolute atomic E-state index is 0.000838. The summed E-state index contributed by atoms with van der Waals surface area (Å²) in [5, 5.41) is 0.929. The van der Waals surface area contributed by atoms with Gasteiger partial charge >= 0.3 is 5.97 Å². The molecule has 1 saturated heterocycles. The molecule has 1 aromatic heterocycles. The van der Waals surface area contributed by atoms with Gasteiger partial charge in [-0.25, -0.2) is 9.78 Å². The molecule has 0 aliphatic carbocycles. The molecular formula is C18H19N3O4. The van der Waals surface area contributed by atoms with Crippen LogP contribution in [0.25, 0.3) is 10.9 Å². The first-order valence-electron chi connectivity index (χ1n) is 8.11. The second-order valence-corrected chi connectivity index (χ2v) is 5.85. The number of aromatic nitrogens is 1. The molecule has 7 nitrogen and oxygen atoms in total. The van der Waals surface area contributed by atoms with Crippen molar-refractivity contribution in [1.29, 1.82) is 0 Å². The van der Waals surface area contributed by atoms with Gasteiger partial charge in [-0.15, -0.1) is 0 Å². The number of carbonyl (C=O) groups is 3. The van der Waals surface area contributed by atoms with Gasteiger partial charge in [-0.1, -0.05) is 24.3 Å². The minimum atomic E-state index is -0.624. The van der Waals surface area contributed by atoms with Gasteiger partial charge < -0.3 is 14.5 Å². The van der Waals surface area contributed by atoms with Crippen molar-refractivity contribution in [2.24, 2.45) is 0 Å². The lowest BCUT2D eigenvalue weighted by molar-refractivity contribution is -0.140. The Morgan fingerprint density at radius 2 is 1.68 bits per heavy atom. The van der Waals surface area contributed by atoms with Gasteiger partial charge in [0, 0.05) is 38.5 Å². The number of amides is 2. The van der Waals surface area contributed by atoms with Crippen molar-refractivity contribution in [2.45, 2.75) is 6.92 Å². The summed E-state index contributed by atoms with van der Waals surface area (Å²) in [7, 11) is 0. The first-order chi connectivity index (χ1) is 12.0. The maximum atomic E-state index is 12.1. The number of para-hydroxylation sites is 1. The third-order valence-corrected chi connectivity index (χ3v) is 4.21. The summed E-state index contributed by atoms with van der Waals surface area (Å²) in [5.41, 5.74) is 0.872. The lowest BCUT2D eigenvalue weighted by Gasteiger charge is -2.34. The zero-order valence-electron chi connectivity index (χ0n) is 14.0. The summed E-state index contributed by atoms with van der Waals surface area (Å²) in [6.07, 6.45) is 0. The van der Waals surface area contributed by atoms with Crippen molar-refractivity contribution in [3.63, 3.8) is 0 Å². The largest absolute Gasteiger partial charge is 0.451 e. The van der Waals surface area contributed by atoms with Gasteiger partial charge in [0.1, 0.15) is 5.69 Å². The molecule has 0 N–H and O–H groups in total. The number of pyridine rings is 1. The van der Waals surface area contributed by atoms with E-state index in [1.54, 1.807) is 21.9 Å². The fraction of sp³-hybridized carbons (Fsp3) is 0.333. The summed E-state index contributed by atoms with van der Waals surface area (Å²) < 4.78 is 5.09. The van der Waals surface area contributed by atoms with Crippen LogP contribution in [0.4, 0.5) is 0 Å². The van der Waals surface area contributed by atoms with Crippen molar-refractivity contribution < 1.29 is 19.1 Å². The Hall–Kier alpha value is -2.96. The molecule has 0 unspecified atom stereocenters. The normalized spacial score (nSPS) is 14.4. The van der Waals surface area contributed by atoms with Crippen LogP contribution in [0, 0.1) is 0 Å². The predicted octanol–water partition coefficient (Wildman–Crippen LogP) is 1.08. The second kappa shape index (κ2) is 7.29. The minimum Gasteiger partial charge on any atom is -0.451 e. The quantitative estimate of drug-likeness (QED) is 0.781. The molecule has 0 spiro atoms. The van der Waals surface area contributed by atoms with E-state index < -0.39 is 5.97 Å². The first kappa shape index (κ1) is 16.9. The Bertz CT molecular complexity index is 813. The van der Waals surface area contributed by atoms with Crippen molar-refractivity contribution in [3.8, 4) is 0 Å². The Morgan fingerprint density at radius 1 is 1.00 bits per heavy atom. The molecule has 130 valence electrons. The van der Waals surface area contributed by atoms with Crippen LogP contribution < -0.4 is 0 Å². The van der Waals surface area contributed by atoms with Gasteiger partial charge in [-0.05, 0) is 12.1 Å². The van der Waals surface area contributed by atoms with Crippen molar-refractivity contribution >= 4 is 28.7 Å². The predicted molar refractivity (Wildman–Crippen MR) is 90.9 cm³/mol. The third-order valence-electron chi connectivity index (χ3n) is 4.21. The summed E-state index contributed by atoms with van der Waals surface area (Å²) in [6, 6.07) is 10.8. The molecular weight excluding hydrogens is 322 g/mol. The Kier molecular flexibility index (Phi) is 4.92. The van der Waals surface area contributed by atoms with E-state index in [2.05, 4.69) is 4.98 Å². The number of carbonyl (C=O) groups excluding carboxylic acids is 3. The summed E-state index contributed by atoms with van der Waals surface area (Å²) >= 11 is 0. The van der Waals surface area contributed by atoms with E-state index in [0.29, 0.717) is 31.7 Å². The van der Waals surface area contributed by atoms with Crippen LogP contribution in [0.3, 0.4) is 0 Å². The molecule has 2 heterocycles. The van der Waals surface area contributed by atoms with Gasteiger partial charge in [-0.2, -0.15) is 0 Å². The van der Waals surface area contributed by atoms with Crippen LogP contribution >= 0.6 is 0 Å². The van der Waals surface area contributed by atoms with E-state index in [1.807, 2.05) is 24.3 Å². The lowest BCUT2D eigenvalue weighted by Crippen LogP contribution is -2.51. The van der Waals surface area contributed by atoms with E-state index in [0.717, 1.165) is 5.39 Å². The summed E-state index contributed by atoms with van der Waals surface area (Å²) in [4.78, 5) is 43.1. The molecule has 1 fully saturated rings. The van der Waals surface area contributed by atoms with Crippen LogP contribution in [-0.2, 0) is 14.3 Å². The second-order valence-electron chi connectivity index (χ2n) is 5.85. The van der Waals surface area contributed by atoms with Gasteiger partial charge in [0.25, 0.3) is 5.91 Å². The molecule has 1 aliphatic rings. The number of rotatable bonds is 3. The molecule has 3 rings (SSSR count). The molecule has 7 heteroatoms. The van der Waals surface area contributed by atoms with E-state index in [4.69, 9.17) is 4.74 Å². The zero-order valence-corrected chi connectivity index (χ0v) is 14.0. The number of nitrogens with zero attached hydrogens (tertiary/aromatic N) is 3. The maximum absolute atomic E-state index is 12.1. The topological polar surface area (TPSA) is 79.8 Å². The van der Waals surface area contributed by atoms with Crippen LogP contribution in [-0.4, -0.2) is 65.4 Å². The van der Waals surface area contributed by atoms with Crippen LogP contribution in [0.1, 0.15) is 17.4 Å². The number of esters is 1. The van der Waals surface area contributed by atoms with E-state index in [9.17, 15) is 14.4 Å². The van der Waals surface area contributed by atoms with Gasteiger partial charge in [0.05, 0.1) is 5.52 Å². The van der Waals surface area contributed by atoms with Crippen molar-refractivity contribution in [2.75, 3.05) is 32.8 Å². The van der Waals surface area contributed by atoms with E-state index in [-0.39, 0.29) is 24.1 Å². The van der Waals surface area contributed by atoms with E-state index in [1.165, 1.54) is 6.92 Å². The number of hydrogen-bond donors (Lipinski definition) is 0. The number of benzene rings is 1. The first-order valence-corrected chi connectivity index (χ1v) is 8.11. The highest BCUT2D eigenvalue weighted by Crippen LogP contribution is 2.12.